The molecule has 0 radical (unpaired) electrons. The summed E-state index contributed by atoms with van der Waals surface area (Å²) in [5.41, 5.74) is 0.775. The number of benzene rings is 1. The van der Waals surface area contributed by atoms with Gasteiger partial charge in [0.15, 0.2) is 5.75 Å². The first kappa shape index (κ1) is 17.4. The van der Waals surface area contributed by atoms with E-state index in [0.717, 1.165) is 5.56 Å². The van der Waals surface area contributed by atoms with Crippen molar-refractivity contribution in [1.82, 2.24) is 5.32 Å². The quantitative estimate of drug-likeness (QED) is 0.386. The van der Waals surface area contributed by atoms with Crippen molar-refractivity contribution in [2.75, 3.05) is 26.9 Å². The van der Waals surface area contributed by atoms with E-state index in [9.17, 15) is 15.2 Å². The van der Waals surface area contributed by atoms with E-state index in [0.29, 0.717) is 26.1 Å². The van der Waals surface area contributed by atoms with Gasteiger partial charge in [-0.1, -0.05) is 13.0 Å². The van der Waals surface area contributed by atoms with Crippen LogP contribution in [0.15, 0.2) is 18.2 Å². The van der Waals surface area contributed by atoms with Crippen LogP contribution in [0, 0.1) is 10.1 Å². The molecule has 0 aromatic heterocycles. The third-order valence-corrected chi connectivity index (χ3v) is 2.94. The van der Waals surface area contributed by atoms with Crippen molar-refractivity contribution in [3.8, 4) is 5.75 Å². The molecule has 1 atom stereocenters. The molecule has 0 spiro atoms. The number of nitro groups is 1. The molecular formula is C14H22N2O5. The molecule has 7 nitrogen and oxygen atoms in total. The number of nitrogens with zero attached hydrogens (tertiary/aromatic N) is 1. The van der Waals surface area contributed by atoms with E-state index in [-0.39, 0.29) is 18.0 Å². The Balaban J connectivity index is 2.73. The molecule has 0 fully saturated rings. The average Bonchev–Trinajstić information content (AvgIpc) is 2.49. The average molecular weight is 298 g/mol. The van der Waals surface area contributed by atoms with Gasteiger partial charge in [0.05, 0.1) is 17.6 Å². The molecule has 0 bridgehead atoms. The summed E-state index contributed by atoms with van der Waals surface area (Å²) >= 11 is 0. The van der Waals surface area contributed by atoms with Crippen LogP contribution in [0.3, 0.4) is 0 Å². The van der Waals surface area contributed by atoms with Crippen LogP contribution in [0.4, 0.5) is 5.69 Å². The van der Waals surface area contributed by atoms with Crippen LogP contribution in [-0.2, 0) is 11.3 Å². The van der Waals surface area contributed by atoms with E-state index in [1.165, 1.54) is 6.07 Å². The topological polar surface area (TPSA) is 93.9 Å². The molecule has 2 N–H and O–H groups in total. The molecule has 7 heteroatoms. The highest BCUT2D eigenvalue weighted by Crippen LogP contribution is 2.28. The Hall–Kier alpha value is -1.70. The van der Waals surface area contributed by atoms with Crippen LogP contribution in [0.5, 0.6) is 5.75 Å². The van der Waals surface area contributed by atoms with Gasteiger partial charge in [0.2, 0.25) is 0 Å². The molecule has 1 aromatic carbocycles. The summed E-state index contributed by atoms with van der Waals surface area (Å²) < 4.78 is 10.3. The van der Waals surface area contributed by atoms with Gasteiger partial charge in [-0.25, -0.2) is 0 Å². The first-order valence-corrected chi connectivity index (χ1v) is 6.86. The lowest BCUT2D eigenvalue weighted by Gasteiger charge is -2.12. The lowest BCUT2D eigenvalue weighted by Crippen LogP contribution is -2.19. The fourth-order valence-electron chi connectivity index (χ4n) is 1.65. The third kappa shape index (κ3) is 6.07. The number of nitrogens with one attached hydrogen (secondary N) is 1. The zero-order valence-electron chi connectivity index (χ0n) is 12.4. The number of aliphatic hydroxyl groups is 1. The van der Waals surface area contributed by atoms with Crippen molar-refractivity contribution in [2.24, 2.45) is 0 Å². The Morgan fingerprint density at radius 3 is 2.86 bits per heavy atom. The van der Waals surface area contributed by atoms with Crippen LogP contribution in [0.2, 0.25) is 0 Å². The SMILES string of the molecule is CCC(O)COc1cc(CNCCOC)ccc1[N+](=O)[O-]. The van der Waals surface area contributed by atoms with Crippen molar-refractivity contribution in [3.05, 3.63) is 33.9 Å². The van der Waals surface area contributed by atoms with Crippen molar-refractivity contribution >= 4 is 5.69 Å². The summed E-state index contributed by atoms with van der Waals surface area (Å²) in [6.45, 7) is 3.71. The maximum Gasteiger partial charge on any atom is 0.310 e. The molecular weight excluding hydrogens is 276 g/mol. The van der Waals surface area contributed by atoms with Gasteiger partial charge in [-0.3, -0.25) is 10.1 Å². The Labute approximate surface area is 124 Å². The largest absolute Gasteiger partial charge is 0.484 e. The molecule has 1 rings (SSSR count). The normalized spacial score (nSPS) is 12.1. The van der Waals surface area contributed by atoms with Crippen molar-refractivity contribution < 1.29 is 19.5 Å². The summed E-state index contributed by atoms with van der Waals surface area (Å²) in [5, 5.41) is 23.6. The fraction of sp³-hybridized carbons (Fsp3) is 0.571. The Morgan fingerprint density at radius 1 is 1.48 bits per heavy atom. The molecule has 0 saturated carbocycles. The number of rotatable bonds is 10. The smallest absolute Gasteiger partial charge is 0.310 e. The highest BCUT2D eigenvalue weighted by atomic mass is 16.6. The van der Waals surface area contributed by atoms with Gasteiger partial charge in [-0.05, 0) is 18.1 Å². The monoisotopic (exact) mass is 298 g/mol. The van der Waals surface area contributed by atoms with Gasteiger partial charge < -0.3 is 19.9 Å². The number of nitro benzene ring substituents is 1. The fourth-order valence-corrected chi connectivity index (χ4v) is 1.65. The first-order valence-electron chi connectivity index (χ1n) is 6.86. The molecule has 118 valence electrons. The molecule has 1 unspecified atom stereocenters. The Morgan fingerprint density at radius 2 is 2.24 bits per heavy atom. The van der Waals surface area contributed by atoms with Crippen LogP contribution < -0.4 is 10.1 Å². The van der Waals surface area contributed by atoms with Crippen LogP contribution in [0.1, 0.15) is 18.9 Å². The van der Waals surface area contributed by atoms with Gasteiger partial charge >= 0.3 is 5.69 Å². The number of methoxy groups -OCH3 is 1. The lowest BCUT2D eigenvalue weighted by atomic mass is 10.2. The number of hydrogen-bond acceptors (Lipinski definition) is 6. The number of aliphatic hydroxyl groups excluding tert-OH is 1. The Bertz CT molecular complexity index is 453. The summed E-state index contributed by atoms with van der Waals surface area (Å²) in [6.07, 6.45) is -0.0976. The maximum absolute atomic E-state index is 11.0. The second-order valence-electron chi connectivity index (χ2n) is 4.60. The summed E-state index contributed by atoms with van der Waals surface area (Å²) in [6, 6.07) is 4.72. The molecule has 21 heavy (non-hydrogen) atoms. The van der Waals surface area contributed by atoms with Gasteiger partial charge in [-0.15, -0.1) is 0 Å². The summed E-state index contributed by atoms with van der Waals surface area (Å²) in [4.78, 5) is 10.5. The van der Waals surface area contributed by atoms with E-state index in [2.05, 4.69) is 5.32 Å². The predicted octanol–water partition coefficient (Wildman–Crippen LogP) is 1.48. The molecule has 0 amide bonds. The van der Waals surface area contributed by atoms with Crippen molar-refractivity contribution in [1.29, 1.82) is 0 Å². The first-order chi connectivity index (χ1) is 10.1. The lowest BCUT2D eigenvalue weighted by molar-refractivity contribution is -0.385. The minimum absolute atomic E-state index is 0.0396. The molecule has 0 aliphatic rings. The highest BCUT2D eigenvalue weighted by molar-refractivity contribution is 5.48. The number of hydrogen-bond donors (Lipinski definition) is 2. The number of ether oxygens (including phenoxy) is 2. The minimum atomic E-state index is -0.631. The van der Waals surface area contributed by atoms with Gasteiger partial charge in [0.1, 0.15) is 6.61 Å². The van der Waals surface area contributed by atoms with Crippen molar-refractivity contribution in [2.45, 2.75) is 26.0 Å². The molecule has 0 aliphatic carbocycles. The zero-order valence-corrected chi connectivity index (χ0v) is 12.4. The van der Waals surface area contributed by atoms with E-state index >= 15 is 0 Å². The molecule has 1 aromatic rings. The van der Waals surface area contributed by atoms with E-state index < -0.39 is 11.0 Å². The second kappa shape index (κ2) is 9.28. The maximum atomic E-state index is 11.0. The highest BCUT2D eigenvalue weighted by Gasteiger charge is 2.16. The van der Waals surface area contributed by atoms with Gasteiger partial charge in [-0.2, -0.15) is 0 Å². The predicted molar refractivity (Wildman–Crippen MR) is 78.5 cm³/mol. The Kier molecular flexibility index (Phi) is 7.66. The summed E-state index contributed by atoms with van der Waals surface area (Å²) in [7, 11) is 1.62. The molecule has 0 heterocycles. The van der Waals surface area contributed by atoms with Gasteiger partial charge in [0.25, 0.3) is 0 Å². The summed E-state index contributed by atoms with van der Waals surface area (Å²) in [5.74, 6) is 0.179. The van der Waals surface area contributed by atoms with Crippen molar-refractivity contribution in [3.63, 3.8) is 0 Å². The second-order valence-corrected chi connectivity index (χ2v) is 4.60. The standard InChI is InChI=1S/C14H22N2O5/c1-3-12(17)10-21-14-8-11(9-15-6-7-20-2)4-5-13(14)16(18)19/h4-5,8,12,15,17H,3,6-7,9-10H2,1-2H3. The molecule has 0 aliphatic heterocycles. The van der Waals surface area contributed by atoms with Crippen LogP contribution in [-0.4, -0.2) is 43.0 Å². The van der Waals surface area contributed by atoms with E-state index in [1.54, 1.807) is 19.2 Å². The van der Waals surface area contributed by atoms with E-state index in [1.807, 2.05) is 6.92 Å². The molecule has 0 saturated heterocycles. The van der Waals surface area contributed by atoms with Gasteiger partial charge in [0, 0.05) is 26.3 Å². The minimum Gasteiger partial charge on any atom is -0.484 e. The third-order valence-electron chi connectivity index (χ3n) is 2.94. The van der Waals surface area contributed by atoms with Crippen LogP contribution in [0.25, 0.3) is 0 Å². The van der Waals surface area contributed by atoms with Crippen LogP contribution >= 0.6 is 0 Å². The zero-order chi connectivity index (χ0) is 15.7. The van der Waals surface area contributed by atoms with E-state index in [4.69, 9.17) is 9.47 Å².